The van der Waals surface area contributed by atoms with E-state index in [0.717, 1.165) is 44.4 Å². The molecule has 0 aliphatic heterocycles. The highest BCUT2D eigenvalue weighted by atomic mass is 16.3. The Morgan fingerprint density at radius 1 is 0.526 bits per heavy atom. The van der Waals surface area contributed by atoms with E-state index in [-0.39, 0.29) is 0 Å². The third kappa shape index (κ3) is 3.12. The SMILES string of the molecule is c1ccc(-c2cc(-c3cccc(-n4c5ccccc5c5ccccc54)c3)c3oc4cccnc4c3c2)cc1. The first-order valence-electron chi connectivity index (χ1n) is 12.8. The van der Waals surface area contributed by atoms with Crippen molar-refractivity contribution in [3.05, 3.63) is 134 Å². The molecule has 3 aromatic heterocycles. The number of fused-ring (bicyclic) bond motifs is 6. The van der Waals surface area contributed by atoms with Crippen LogP contribution in [0.1, 0.15) is 0 Å². The van der Waals surface area contributed by atoms with Crippen LogP contribution in [0.3, 0.4) is 0 Å². The molecule has 0 spiro atoms. The van der Waals surface area contributed by atoms with Crippen molar-refractivity contribution in [3.8, 4) is 27.9 Å². The monoisotopic (exact) mass is 486 g/mol. The molecule has 0 saturated carbocycles. The number of rotatable bonds is 3. The van der Waals surface area contributed by atoms with E-state index in [0.29, 0.717) is 0 Å². The number of benzene rings is 5. The van der Waals surface area contributed by atoms with Crippen LogP contribution in [0.4, 0.5) is 0 Å². The molecule has 38 heavy (non-hydrogen) atoms. The van der Waals surface area contributed by atoms with E-state index >= 15 is 0 Å². The Hall–Kier alpha value is -5.15. The molecule has 0 unspecified atom stereocenters. The Bertz CT molecular complexity index is 2080. The molecule has 0 bridgehead atoms. The molecule has 0 radical (unpaired) electrons. The molecule has 0 atom stereocenters. The van der Waals surface area contributed by atoms with Gasteiger partial charge in [-0.2, -0.15) is 0 Å². The number of furan rings is 1. The number of para-hydroxylation sites is 2. The van der Waals surface area contributed by atoms with Crippen molar-refractivity contribution < 1.29 is 4.42 Å². The average Bonchev–Trinajstić information content (AvgIpc) is 3.53. The first kappa shape index (κ1) is 21.0. The van der Waals surface area contributed by atoms with Crippen LogP contribution in [-0.2, 0) is 0 Å². The van der Waals surface area contributed by atoms with Crippen molar-refractivity contribution in [1.82, 2.24) is 9.55 Å². The Morgan fingerprint density at radius 3 is 2.03 bits per heavy atom. The Kier molecular flexibility index (Phi) is 4.52. The molecule has 8 aromatic rings. The van der Waals surface area contributed by atoms with Gasteiger partial charge < -0.3 is 8.98 Å². The lowest BCUT2D eigenvalue weighted by molar-refractivity contribution is 0.669. The summed E-state index contributed by atoms with van der Waals surface area (Å²) in [6.07, 6.45) is 1.83. The van der Waals surface area contributed by atoms with Crippen molar-refractivity contribution in [3.63, 3.8) is 0 Å². The van der Waals surface area contributed by atoms with Gasteiger partial charge in [0, 0.05) is 33.6 Å². The van der Waals surface area contributed by atoms with Crippen molar-refractivity contribution in [2.45, 2.75) is 0 Å². The molecule has 0 saturated heterocycles. The zero-order chi connectivity index (χ0) is 25.1. The second kappa shape index (κ2) is 8.19. The van der Waals surface area contributed by atoms with Gasteiger partial charge >= 0.3 is 0 Å². The first-order chi connectivity index (χ1) is 18.8. The number of hydrogen-bond donors (Lipinski definition) is 0. The van der Waals surface area contributed by atoms with E-state index in [1.54, 1.807) is 0 Å². The minimum atomic E-state index is 0.799. The molecule has 0 aliphatic rings. The lowest BCUT2D eigenvalue weighted by atomic mass is 9.96. The average molecular weight is 487 g/mol. The van der Waals surface area contributed by atoms with Gasteiger partial charge in [-0.3, -0.25) is 4.98 Å². The fraction of sp³-hybridized carbons (Fsp3) is 0. The van der Waals surface area contributed by atoms with E-state index in [1.807, 2.05) is 24.4 Å². The molecular formula is C35H22N2O. The van der Waals surface area contributed by atoms with E-state index in [2.05, 4.69) is 119 Å². The smallest absolute Gasteiger partial charge is 0.153 e. The van der Waals surface area contributed by atoms with Gasteiger partial charge in [0.2, 0.25) is 0 Å². The van der Waals surface area contributed by atoms with E-state index < -0.39 is 0 Å². The highest BCUT2D eigenvalue weighted by Crippen LogP contribution is 2.40. The molecule has 178 valence electrons. The predicted octanol–water partition coefficient (Wildman–Crippen LogP) is 9.41. The number of nitrogens with zero attached hydrogens (tertiary/aromatic N) is 2. The van der Waals surface area contributed by atoms with E-state index in [9.17, 15) is 0 Å². The Balaban J connectivity index is 1.42. The summed E-state index contributed by atoms with van der Waals surface area (Å²) in [5, 5.41) is 3.54. The van der Waals surface area contributed by atoms with Crippen LogP contribution in [0.25, 0.3) is 71.8 Å². The van der Waals surface area contributed by atoms with Gasteiger partial charge in [0.15, 0.2) is 5.58 Å². The normalized spacial score (nSPS) is 11.7. The predicted molar refractivity (Wildman–Crippen MR) is 157 cm³/mol. The number of hydrogen-bond acceptors (Lipinski definition) is 2. The molecule has 0 amide bonds. The summed E-state index contributed by atoms with van der Waals surface area (Å²) in [6, 6.07) is 44.8. The van der Waals surface area contributed by atoms with Crippen LogP contribution < -0.4 is 0 Å². The van der Waals surface area contributed by atoms with Crippen molar-refractivity contribution in [2.75, 3.05) is 0 Å². The Labute approximate surface area is 219 Å². The third-order valence-electron chi connectivity index (χ3n) is 7.43. The highest BCUT2D eigenvalue weighted by Gasteiger charge is 2.17. The second-order valence-corrected chi connectivity index (χ2v) is 9.64. The summed E-state index contributed by atoms with van der Waals surface area (Å²) < 4.78 is 8.78. The zero-order valence-corrected chi connectivity index (χ0v) is 20.5. The van der Waals surface area contributed by atoms with Crippen LogP contribution in [-0.4, -0.2) is 9.55 Å². The van der Waals surface area contributed by atoms with Crippen LogP contribution in [0, 0.1) is 0 Å². The third-order valence-corrected chi connectivity index (χ3v) is 7.43. The second-order valence-electron chi connectivity index (χ2n) is 9.64. The van der Waals surface area contributed by atoms with Crippen LogP contribution in [0.15, 0.2) is 138 Å². The lowest BCUT2D eigenvalue weighted by Gasteiger charge is -2.12. The molecule has 0 N–H and O–H groups in total. The Morgan fingerprint density at radius 2 is 1.24 bits per heavy atom. The number of pyridine rings is 1. The minimum absolute atomic E-state index is 0.799. The van der Waals surface area contributed by atoms with Crippen LogP contribution >= 0.6 is 0 Å². The van der Waals surface area contributed by atoms with Crippen molar-refractivity contribution in [2.24, 2.45) is 0 Å². The molecule has 3 heteroatoms. The molecule has 8 rings (SSSR count). The molecule has 3 heterocycles. The van der Waals surface area contributed by atoms with E-state index in [4.69, 9.17) is 4.42 Å². The van der Waals surface area contributed by atoms with Gasteiger partial charge in [-0.05, 0) is 65.2 Å². The van der Waals surface area contributed by atoms with Gasteiger partial charge in [-0.25, -0.2) is 0 Å². The summed E-state index contributed by atoms with van der Waals surface area (Å²) in [5.41, 5.74) is 10.5. The van der Waals surface area contributed by atoms with Gasteiger partial charge in [0.05, 0.1) is 11.0 Å². The molecule has 3 nitrogen and oxygen atoms in total. The molecule has 5 aromatic carbocycles. The largest absolute Gasteiger partial charge is 0.454 e. The highest BCUT2D eigenvalue weighted by molar-refractivity contribution is 6.11. The van der Waals surface area contributed by atoms with Gasteiger partial charge in [-0.1, -0.05) is 78.9 Å². The van der Waals surface area contributed by atoms with Crippen molar-refractivity contribution in [1.29, 1.82) is 0 Å². The standard InChI is InChI=1S/C35H22N2O/c1-2-10-23(11-3-1)25-21-29(35-30(22-25)34-33(38-35)18-9-19-36-34)24-12-8-13-26(20-24)37-31-16-6-4-14-27(31)28-15-5-7-17-32(28)37/h1-22H. The first-order valence-corrected chi connectivity index (χ1v) is 12.8. The van der Waals surface area contributed by atoms with E-state index in [1.165, 1.54) is 27.4 Å². The fourth-order valence-electron chi connectivity index (χ4n) is 5.72. The van der Waals surface area contributed by atoms with Gasteiger partial charge in [0.25, 0.3) is 0 Å². The summed E-state index contributed by atoms with van der Waals surface area (Å²) in [6.45, 7) is 0. The van der Waals surface area contributed by atoms with Crippen LogP contribution in [0.5, 0.6) is 0 Å². The summed E-state index contributed by atoms with van der Waals surface area (Å²) in [4.78, 5) is 4.67. The quantitative estimate of drug-likeness (QED) is 0.249. The number of aromatic nitrogens is 2. The van der Waals surface area contributed by atoms with Crippen LogP contribution in [0.2, 0.25) is 0 Å². The van der Waals surface area contributed by atoms with Gasteiger partial charge in [-0.15, -0.1) is 0 Å². The summed E-state index contributed by atoms with van der Waals surface area (Å²) >= 11 is 0. The maximum atomic E-state index is 6.43. The molecular weight excluding hydrogens is 464 g/mol. The molecule has 0 fully saturated rings. The zero-order valence-electron chi connectivity index (χ0n) is 20.5. The fourth-order valence-corrected chi connectivity index (χ4v) is 5.72. The van der Waals surface area contributed by atoms with Crippen molar-refractivity contribution >= 4 is 43.9 Å². The summed E-state index contributed by atoms with van der Waals surface area (Å²) in [5.74, 6) is 0. The maximum Gasteiger partial charge on any atom is 0.153 e. The lowest BCUT2D eigenvalue weighted by Crippen LogP contribution is -1.94. The molecule has 0 aliphatic carbocycles. The maximum absolute atomic E-state index is 6.43. The summed E-state index contributed by atoms with van der Waals surface area (Å²) in [7, 11) is 0. The topological polar surface area (TPSA) is 31.0 Å². The minimum Gasteiger partial charge on any atom is -0.454 e. The van der Waals surface area contributed by atoms with Gasteiger partial charge in [0.1, 0.15) is 11.1 Å².